The molecule has 4 aromatic rings. The van der Waals surface area contributed by atoms with Gasteiger partial charge in [-0.2, -0.15) is 4.37 Å². The summed E-state index contributed by atoms with van der Waals surface area (Å²) in [6, 6.07) is 6.94. The maximum atomic E-state index is 14.4. The predicted octanol–water partition coefficient (Wildman–Crippen LogP) is 3.37. The fraction of sp³-hybridized carbons (Fsp3) is 0.118. The number of nitrogens with zero attached hydrogens (tertiary/aromatic N) is 4. The molecule has 0 bridgehead atoms. The number of nitrogens with one attached hydrogen (secondary N) is 1. The molecule has 3 heterocycles. The topological polar surface area (TPSA) is 81.9 Å². The standard InChI is InChI=1S/C17H14FN5O2S2/c1-23-8-13(12-6-16(25-2)19-7-14(12)18)11-4-3-10(5-15(11)23)27(24)22-17-20-9-21-26-17/h3-9H,1-2H3,(H,20,21,22). The molecular weight excluding hydrogens is 389 g/mol. The number of benzene rings is 1. The Bertz CT molecular complexity index is 1140. The number of anilines is 1. The van der Waals surface area contributed by atoms with Crippen LogP contribution in [0, 0.1) is 5.82 Å². The van der Waals surface area contributed by atoms with Crippen molar-refractivity contribution in [1.82, 2.24) is 18.9 Å². The summed E-state index contributed by atoms with van der Waals surface area (Å²) in [5, 5.41) is 1.31. The Hall–Kier alpha value is -2.85. The minimum atomic E-state index is -1.48. The van der Waals surface area contributed by atoms with Gasteiger partial charge in [-0.25, -0.2) is 18.6 Å². The molecule has 1 N–H and O–H groups in total. The molecule has 0 aliphatic carbocycles. The van der Waals surface area contributed by atoms with Crippen LogP contribution in [0.25, 0.3) is 22.0 Å². The Morgan fingerprint density at radius 1 is 1.26 bits per heavy atom. The number of methoxy groups -OCH3 is 1. The second-order valence-electron chi connectivity index (χ2n) is 5.66. The number of rotatable bonds is 5. The lowest BCUT2D eigenvalue weighted by atomic mass is 10.1. The average molecular weight is 403 g/mol. The van der Waals surface area contributed by atoms with Crippen molar-refractivity contribution in [1.29, 1.82) is 0 Å². The molecule has 0 spiro atoms. The van der Waals surface area contributed by atoms with Gasteiger partial charge in [-0.3, -0.25) is 4.72 Å². The van der Waals surface area contributed by atoms with E-state index in [1.54, 1.807) is 18.2 Å². The SMILES string of the molecule is COc1cc(-c2cn(C)c3cc(S(=O)Nc4ncns4)ccc23)c(F)cn1. The van der Waals surface area contributed by atoms with Crippen LogP contribution in [0.5, 0.6) is 5.88 Å². The molecule has 138 valence electrons. The maximum absolute atomic E-state index is 14.4. The number of hydrogen-bond acceptors (Lipinski definition) is 6. The van der Waals surface area contributed by atoms with Crippen LogP contribution in [0.1, 0.15) is 0 Å². The third-order valence-corrected chi connectivity index (χ3v) is 5.82. The normalized spacial score (nSPS) is 12.3. The predicted molar refractivity (Wildman–Crippen MR) is 103 cm³/mol. The van der Waals surface area contributed by atoms with Crippen molar-refractivity contribution in [3.63, 3.8) is 0 Å². The van der Waals surface area contributed by atoms with E-state index < -0.39 is 16.8 Å². The van der Waals surface area contributed by atoms with Gasteiger partial charge in [0.25, 0.3) is 0 Å². The Morgan fingerprint density at radius 3 is 2.85 bits per heavy atom. The van der Waals surface area contributed by atoms with Gasteiger partial charge in [-0.05, 0) is 12.1 Å². The van der Waals surface area contributed by atoms with Gasteiger partial charge in [0.2, 0.25) is 11.0 Å². The smallest absolute Gasteiger partial charge is 0.214 e. The molecule has 0 amide bonds. The van der Waals surface area contributed by atoms with Gasteiger partial charge in [0.15, 0.2) is 11.0 Å². The van der Waals surface area contributed by atoms with E-state index in [1.807, 2.05) is 23.9 Å². The zero-order valence-corrected chi connectivity index (χ0v) is 16.0. The van der Waals surface area contributed by atoms with Crippen molar-refractivity contribution in [2.24, 2.45) is 7.05 Å². The van der Waals surface area contributed by atoms with Crippen LogP contribution in [0.4, 0.5) is 9.52 Å². The lowest BCUT2D eigenvalue weighted by molar-refractivity contribution is 0.396. The lowest BCUT2D eigenvalue weighted by Crippen LogP contribution is -2.04. The highest BCUT2D eigenvalue weighted by Crippen LogP contribution is 2.34. The second-order valence-corrected chi connectivity index (χ2v) is 7.65. The fourth-order valence-corrected chi connectivity index (χ4v) is 4.19. The van der Waals surface area contributed by atoms with Crippen molar-refractivity contribution in [2.45, 2.75) is 4.90 Å². The summed E-state index contributed by atoms with van der Waals surface area (Å²) in [7, 11) is 1.86. The van der Waals surface area contributed by atoms with E-state index in [2.05, 4.69) is 19.1 Å². The first-order valence-corrected chi connectivity index (χ1v) is 9.73. The quantitative estimate of drug-likeness (QED) is 0.552. The molecular formula is C17H14FN5O2S2. The van der Waals surface area contributed by atoms with Gasteiger partial charge >= 0.3 is 0 Å². The molecule has 0 aliphatic heterocycles. The van der Waals surface area contributed by atoms with Crippen molar-refractivity contribution in [2.75, 3.05) is 11.8 Å². The molecule has 7 nitrogen and oxygen atoms in total. The van der Waals surface area contributed by atoms with E-state index in [9.17, 15) is 8.60 Å². The van der Waals surface area contributed by atoms with E-state index in [0.29, 0.717) is 27.0 Å². The van der Waals surface area contributed by atoms with E-state index >= 15 is 0 Å². The molecule has 27 heavy (non-hydrogen) atoms. The van der Waals surface area contributed by atoms with Crippen LogP contribution < -0.4 is 9.46 Å². The number of ether oxygens (including phenoxy) is 1. The maximum Gasteiger partial charge on any atom is 0.214 e. The van der Waals surface area contributed by atoms with Crippen LogP contribution in [0.3, 0.4) is 0 Å². The number of pyridine rings is 1. The number of halogens is 1. The summed E-state index contributed by atoms with van der Waals surface area (Å²) in [5.41, 5.74) is 1.93. The Balaban J connectivity index is 1.77. The molecule has 0 saturated carbocycles. The van der Waals surface area contributed by atoms with Crippen LogP contribution in [-0.4, -0.2) is 30.2 Å². The van der Waals surface area contributed by atoms with E-state index in [1.165, 1.54) is 13.4 Å². The van der Waals surface area contributed by atoms with Crippen LogP contribution >= 0.6 is 11.5 Å². The Labute approximate surface area is 160 Å². The third-order valence-electron chi connectivity index (χ3n) is 4.05. The zero-order chi connectivity index (χ0) is 19.0. The number of aromatic nitrogens is 4. The Kier molecular flexibility index (Phi) is 4.58. The van der Waals surface area contributed by atoms with Gasteiger partial charge in [0.1, 0.15) is 12.1 Å². The molecule has 1 atom stereocenters. The van der Waals surface area contributed by atoms with Crippen LogP contribution in [-0.2, 0) is 18.0 Å². The molecule has 3 aromatic heterocycles. The summed E-state index contributed by atoms with van der Waals surface area (Å²) in [4.78, 5) is 8.43. The molecule has 1 unspecified atom stereocenters. The monoisotopic (exact) mass is 403 g/mol. The van der Waals surface area contributed by atoms with Gasteiger partial charge in [-0.1, -0.05) is 6.07 Å². The van der Waals surface area contributed by atoms with E-state index in [-0.39, 0.29) is 0 Å². The second kappa shape index (κ2) is 7.05. The van der Waals surface area contributed by atoms with Gasteiger partial charge in [0.05, 0.1) is 18.2 Å². The molecule has 0 saturated heterocycles. The van der Waals surface area contributed by atoms with E-state index in [4.69, 9.17) is 4.74 Å². The molecule has 1 aromatic carbocycles. The Morgan fingerprint density at radius 2 is 2.11 bits per heavy atom. The highest BCUT2D eigenvalue weighted by atomic mass is 32.2. The highest BCUT2D eigenvalue weighted by Gasteiger charge is 2.16. The largest absolute Gasteiger partial charge is 0.481 e. The van der Waals surface area contributed by atoms with Gasteiger partial charge < -0.3 is 9.30 Å². The molecule has 0 fully saturated rings. The molecule has 4 rings (SSSR count). The summed E-state index contributed by atoms with van der Waals surface area (Å²) >= 11 is 1.13. The van der Waals surface area contributed by atoms with Gasteiger partial charge in [-0.15, -0.1) is 0 Å². The number of aryl methyl sites for hydroxylation is 1. The first kappa shape index (κ1) is 17.6. The minimum Gasteiger partial charge on any atom is -0.481 e. The van der Waals surface area contributed by atoms with Crippen LogP contribution in [0.2, 0.25) is 0 Å². The average Bonchev–Trinajstić information content (AvgIpc) is 3.30. The lowest BCUT2D eigenvalue weighted by Gasteiger charge is -2.06. The summed E-state index contributed by atoms with van der Waals surface area (Å²) in [6.07, 6.45) is 4.37. The summed E-state index contributed by atoms with van der Waals surface area (Å²) in [5.74, 6) is -0.101. The van der Waals surface area contributed by atoms with Crippen molar-refractivity contribution in [3.8, 4) is 17.0 Å². The highest BCUT2D eigenvalue weighted by molar-refractivity contribution is 7.86. The first-order valence-electron chi connectivity index (χ1n) is 7.81. The minimum absolute atomic E-state index is 0.336. The summed E-state index contributed by atoms with van der Waals surface area (Å²) in [6.45, 7) is 0. The fourth-order valence-electron chi connectivity index (χ4n) is 2.79. The van der Waals surface area contributed by atoms with Gasteiger partial charge in [0, 0.05) is 52.9 Å². The van der Waals surface area contributed by atoms with Crippen molar-refractivity contribution in [3.05, 3.63) is 48.8 Å². The molecule has 10 heteroatoms. The molecule has 0 radical (unpaired) electrons. The van der Waals surface area contributed by atoms with E-state index in [0.717, 1.165) is 28.6 Å². The number of hydrogen-bond donors (Lipinski definition) is 1. The van der Waals surface area contributed by atoms with Crippen molar-refractivity contribution < 1.29 is 13.3 Å². The van der Waals surface area contributed by atoms with Crippen molar-refractivity contribution >= 4 is 38.6 Å². The number of fused-ring (bicyclic) bond motifs is 1. The molecule has 0 aliphatic rings. The summed E-state index contributed by atoms with van der Waals surface area (Å²) < 4.78 is 40.5. The first-order chi connectivity index (χ1) is 13.1. The zero-order valence-electron chi connectivity index (χ0n) is 14.3. The third kappa shape index (κ3) is 3.28. The van der Waals surface area contributed by atoms with Crippen LogP contribution in [0.15, 0.2) is 47.9 Å².